The molecule has 0 unspecified atom stereocenters. The minimum absolute atomic E-state index is 0.755. The first-order valence-electron chi connectivity index (χ1n) is 4.69. The smallest absolute Gasteiger partial charge is 0.114 e. The Morgan fingerprint density at radius 1 is 1.62 bits per heavy atom. The first-order valence-corrected chi connectivity index (χ1v) is 4.69. The van der Waals surface area contributed by atoms with Crippen LogP contribution in [0.2, 0.25) is 0 Å². The molecule has 0 atom stereocenters. The molecule has 1 saturated carbocycles. The van der Waals surface area contributed by atoms with Crippen LogP contribution in [0.1, 0.15) is 18.5 Å². The normalized spacial score (nSPS) is 16.2. The third-order valence-corrected chi connectivity index (χ3v) is 2.27. The second-order valence-electron chi connectivity index (χ2n) is 3.73. The van der Waals surface area contributed by atoms with Gasteiger partial charge in [0.1, 0.15) is 6.33 Å². The Morgan fingerprint density at radius 2 is 2.38 bits per heavy atom. The summed E-state index contributed by atoms with van der Waals surface area (Å²) in [5, 5.41) is 5.49. The van der Waals surface area contributed by atoms with E-state index in [2.05, 4.69) is 15.0 Å². The Kier molecular flexibility index (Phi) is 2.22. The van der Waals surface area contributed by atoms with E-state index in [0.29, 0.717) is 0 Å². The van der Waals surface area contributed by atoms with Gasteiger partial charge in [0.25, 0.3) is 0 Å². The molecule has 4 heteroatoms. The van der Waals surface area contributed by atoms with Crippen LogP contribution in [0, 0.1) is 0 Å². The topological polar surface area (TPSA) is 33.1 Å². The summed E-state index contributed by atoms with van der Waals surface area (Å²) < 4.78 is 2.05. The molecule has 13 heavy (non-hydrogen) atoms. The lowest BCUT2D eigenvalue weighted by Crippen LogP contribution is -2.28. The van der Waals surface area contributed by atoms with Crippen LogP contribution in [-0.4, -0.2) is 29.8 Å². The number of aromatic nitrogens is 2. The summed E-state index contributed by atoms with van der Waals surface area (Å²) in [6.45, 7) is 0.919. The van der Waals surface area contributed by atoms with E-state index >= 15 is 0 Å². The van der Waals surface area contributed by atoms with E-state index in [0.717, 1.165) is 12.6 Å². The van der Waals surface area contributed by atoms with Crippen molar-refractivity contribution in [1.82, 2.24) is 15.0 Å². The molecule has 1 heterocycles. The second-order valence-corrected chi connectivity index (χ2v) is 3.73. The number of nitrogens with zero attached hydrogens (tertiary/aromatic N) is 3. The standard InChI is InChI=1S/C9H16N4/c1-12(2)13-7-10-5-9(13)6-11-8-3-4-8/h5,7-8,11H,3-4,6H2,1-2H3. The predicted octanol–water partition coefficient (Wildman–Crippen LogP) is 0.333. The van der Waals surface area contributed by atoms with Crippen molar-refractivity contribution < 1.29 is 0 Å². The molecule has 4 nitrogen and oxygen atoms in total. The Morgan fingerprint density at radius 3 is 3.00 bits per heavy atom. The van der Waals surface area contributed by atoms with Crippen molar-refractivity contribution in [1.29, 1.82) is 0 Å². The van der Waals surface area contributed by atoms with Gasteiger partial charge >= 0.3 is 0 Å². The monoisotopic (exact) mass is 180 g/mol. The van der Waals surface area contributed by atoms with E-state index in [9.17, 15) is 0 Å². The average Bonchev–Trinajstić information content (AvgIpc) is 2.79. The molecule has 0 spiro atoms. The molecular formula is C9H16N4. The first-order chi connectivity index (χ1) is 6.27. The Balaban J connectivity index is 1.96. The summed E-state index contributed by atoms with van der Waals surface area (Å²) in [5.41, 5.74) is 1.22. The Bertz CT molecular complexity index is 275. The van der Waals surface area contributed by atoms with Gasteiger partial charge in [0.15, 0.2) is 0 Å². The van der Waals surface area contributed by atoms with E-state index < -0.39 is 0 Å². The number of nitrogens with one attached hydrogen (secondary N) is 1. The molecular weight excluding hydrogens is 164 g/mol. The van der Waals surface area contributed by atoms with Gasteiger partial charge in [0.2, 0.25) is 0 Å². The molecule has 1 aliphatic rings. The van der Waals surface area contributed by atoms with Gasteiger partial charge in [-0.25, -0.2) is 9.66 Å². The van der Waals surface area contributed by atoms with Crippen molar-refractivity contribution in [2.45, 2.75) is 25.4 Å². The van der Waals surface area contributed by atoms with E-state index in [1.165, 1.54) is 18.5 Å². The lowest BCUT2D eigenvalue weighted by Gasteiger charge is -2.17. The van der Waals surface area contributed by atoms with Crippen LogP contribution >= 0.6 is 0 Å². The molecule has 0 bridgehead atoms. The van der Waals surface area contributed by atoms with Crippen molar-refractivity contribution in [3.8, 4) is 0 Å². The van der Waals surface area contributed by atoms with Crippen LogP contribution in [0.4, 0.5) is 0 Å². The predicted molar refractivity (Wildman–Crippen MR) is 52.2 cm³/mol. The van der Waals surface area contributed by atoms with Gasteiger partial charge in [-0.2, -0.15) is 0 Å². The molecule has 0 radical (unpaired) electrons. The number of hydrogen-bond acceptors (Lipinski definition) is 3. The highest BCUT2D eigenvalue weighted by Gasteiger charge is 2.20. The van der Waals surface area contributed by atoms with Gasteiger partial charge in [0, 0.05) is 26.7 Å². The Labute approximate surface area is 78.5 Å². The quantitative estimate of drug-likeness (QED) is 0.725. The van der Waals surface area contributed by atoms with Crippen LogP contribution in [-0.2, 0) is 6.54 Å². The number of rotatable bonds is 4. The molecule has 2 rings (SSSR count). The fourth-order valence-corrected chi connectivity index (χ4v) is 1.34. The van der Waals surface area contributed by atoms with E-state index in [1.54, 1.807) is 0 Å². The number of imidazole rings is 1. The van der Waals surface area contributed by atoms with Crippen molar-refractivity contribution in [3.63, 3.8) is 0 Å². The van der Waals surface area contributed by atoms with Crippen molar-refractivity contribution in [2.75, 3.05) is 19.1 Å². The highest BCUT2D eigenvalue weighted by Crippen LogP contribution is 2.19. The van der Waals surface area contributed by atoms with Crippen LogP contribution in [0.15, 0.2) is 12.5 Å². The molecule has 72 valence electrons. The number of hydrogen-bond donors (Lipinski definition) is 1. The zero-order valence-corrected chi connectivity index (χ0v) is 8.20. The largest absolute Gasteiger partial charge is 0.318 e. The third kappa shape index (κ3) is 2.01. The minimum atomic E-state index is 0.755. The molecule has 1 fully saturated rings. The van der Waals surface area contributed by atoms with Gasteiger partial charge in [-0.3, -0.25) is 0 Å². The maximum Gasteiger partial charge on any atom is 0.114 e. The van der Waals surface area contributed by atoms with Crippen molar-refractivity contribution in [3.05, 3.63) is 18.2 Å². The van der Waals surface area contributed by atoms with Gasteiger partial charge in [-0.1, -0.05) is 0 Å². The lowest BCUT2D eigenvalue weighted by atomic mass is 10.4. The molecule has 1 aromatic rings. The summed E-state index contributed by atoms with van der Waals surface area (Å²) in [6, 6.07) is 0.755. The maximum atomic E-state index is 4.12. The van der Waals surface area contributed by atoms with Gasteiger partial charge in [-0.15, -0.1) is 0 Å². The SMILES string of the molecule is CN(C)n1cncc1CNC1CC1. The van der Waals surface area contributed by atoms with Crippen molar-refractivity contribution >= 4 is 0 Å². The molecule has 0 amide bonds. The molecule has 1 N–H and O–H groups in total. The van der Waals surface area contributed by atoms with Gasteiger partial charge in [0.05, 0.1) is 11.9 Å². The van der Waals surface area contributed by atoms with Gasteiger partial charge < -0.3 is 10.3 Å². The highest BCUT2D eigenvalue weighted by atomic mass is 15.5. The van der Waals surface area contributed by atoms with E-state index in [4.69, 9.17) is 0 Å². The average molecular weight is 180 g/mol. The van der Waals surface area contributed by atoms with Crippen molar-refractivity contribution in [2.24, 2.45) is 0 Å². The summed E-state index contributed by atoms with van der Waals surface area (Å²) >= 11 is 0. The first kappa shape index (κ1) is 8.56. The third-order valence-electron chi connectivity index (χ3n) is 2.27. The van der Waals surface area contributed by atoms with E-state index in [-0.39, 0.29) is 0 Å². The van der Waals surface area contributed by atoms with Crippen LogP contribution < -0.4 is 10.3 Å². The fraction of sp³-hybridized carbons (Fsp3) is 0.667. The van der Waals surface area contributed by atoms with Crippen LogP contribution in [0.25, 0.3) is 0 Å². The summed E-state index contributed by atoms with van der Waals surface area (Å²) in [5.74, 6) is 0. The summed E-state index contributed by atoms with van der Waals surface area (Å²) in [6.07, 6.45) is 6.41. The minimum Gasteiger partial charge on any atom is -0.318 e. The summed E-state index contributed by atoms with van der Waals surface area (Å²) in [4.78, 5) is 4.12. The van der Waals surface area contributed by atoms with Crippen LogP contribution in [0.3, 0.4) is 0 Å². The lowest BCUT2D eigenvalue weighted by molar-refractivity contribution is 0.617. The maximum absolute atomic E-state index is 4.12. The molecule has 1 aromatic heterocycles. The second kappa shape index (κ2) is 3.38. The molecule has 0 aromatic carbocycles. The molecule has 0 saturated heterocycles. The Hall–Kier alpha value is -1.03. The van der Waals surface area contributed by atoms with Crippen LogP contribution in [0.5, 0.6) is 0 Å². The van der Waals surface area contributed by atoms with E-state index in [1.807, 2.05) is 31.6 Å². The molecule has 0 aliphatic heterocycles. The zero-order chi connectivity index (χ0) is 9.26. The summed E-state index contributed by atoms with van der Waals surface area (Å²) in [7, 11) is 4.03. The highest BCUT2D eigenvalue weighted by molar-refractivity contribution is 5.02. The fourth-order valence-electron chi connectivity index (χ4n) is 1.34. The molecule has 1 aliphatic carbocycles. The zero-order valence-electron chi connectivity index (χ0n) is 8.20. The van der Waals surface area contributed by atoms with Gasteiger partial charge in [-0.05, 0) is 12.8 Å².